The Hall–Kier alpha value is -0.900. The summed E-state index contributed by atoms with van der Waals surface area (Å²) < 4.78 is 0. The molecule has 0 heterocycles. The summed E-state index contributed by atoms with van der Waals surface area (Å²) in [7, 11) is 1.96. The molecule has 0 saturated heterocycles. The molecule has 4 heteroatoms. The zero-order chi connectivity index (χ0) is 8.41. The van der Waals surface area contributed by atoms with E-state index in [0.29, 0.717) is 0 Å². The first-order valence-electron chi connectivity index (χ1n) is 3.01. The SMILES string of the molecule is CCCNC.O=CC(=O)O. The quantitative estimate of drug-likeness (QED) is 0.431. The largest absolute Gasteiger partial charge is 0.476 e. The van der Waals surface area contributed by atoms with Gasteiger partial charge < -0.3 is 10.4 Å². The summed E-state index contributed by atoms with van der Waals surface area (Å²) in [6.45, 7) is 3.29. The fourth-order valence-corrected chi connectivity index (χ4v) is 0.250. The van der Waals surface area contributed by atoms with Gasteiger partial charge in [-0.05, 0) is 20.0 Å². The number of aliphatic carboxylic acids is 1. The molecule has 0 saturated carbocycles. The molecule has 60 valence electrons. The van der Waals surface area contributed by atoms with Gasteiger partial charge in [0.15, 0.2) is 0 Å². The normalized spacial score (nSPS) is 7.40. The molecular formula is C6H13NO3. The maximum Gasteiger partial charge on any atom is 0.368 e. The van der Waals surface area contributed by atoms with Crippen molar-refractivity contribution in [2.24, 2.45) is 0 Å². The second-order valence-corrected chi connectivity index (χ2v) is 1.56. The molecule has 0 bridgehead atoms. The van der Waals surface area contributed by atoms with Crippen LogP contribution in [0.1, 0.15) is 13.3 Å². The van der Waals surface area contributed by atoms with Crippen molar-refractivity contribution in [2.45, 2.75) is 13.3 Å². The standard InChI is InChI=1S/C4H11N.C2H2O3/c1-3-4-5-2;3-1-2(4)5/h5H,3-4H2,1-2H3;1H,(H,4,5). The molecule has 0 radical (unpaired) electrons. The number of nitrogens with one attached hydrogen (secondary N) is 1. The van der Waals surface area contributed by atoms with Crippen molar-refractivity contribution >= 4 is 12.3 Å². The second-order valence-electron chi connectivity index (χ2n) is 1.56. The highest BCUT2D eigenvalue weighted by Crippen LogP contribution is 1.62. The van der Waals surface area contributed by atoms with E-state index >= 15 is 0 Å². The summed E-state index contributed by atoms with van der Waals surface area (Å²) in [4.78, 5) is 17.9. The van der Waals surface area contributed by atoms with Gasteiger partial charge in [-0.15, -0.1) is 0 Å². The molecule has 0 rings (SSSR count). The number of hydrogen-bond donors (Lipinski definition) is 2. The van der Waals surface area contributed by atoms with E-state index in [9.17, 15) is 0 Å². The third kappa shape index (κ3) is 27.5. The highest BCUT2D eigenvalue weighted by Gasteiger charge is 1.80. The Balaban J connectivity index is 0. The van der Waals surface area contributed by atoms with Crippen LogP contribution < -0.4 is 5.32 Å². The van der Waals surface area contributed by atoms with E-state index < -0.39 is 5.97 Å². The third-order valence-electron chi connectivity index (χ3n) is 0.601. The zero-order valence-electron chi connectivity index (χ0n) is 6.26. The number of carbonyl (C=O) groups excluding carboxylic acids is 1. The molecule has 0 spiro atoms. The van der Waals surface area contributed by atoms with Gasteiger partial charge in [0.05, 0.1) is 0 Å². The predicted molar refractivity (Wildman–Crippen MR) is 37.9 cm³/mol. The number of carboxylic acid groups (broad SMARTS) is 1. The van der Waals surface area contributed by atoms with Crippen LogP contribution in [0.5, 0.6) is 0 Å². The number of aldehydes is 1. The summed E-state index contributed by atoms with van der Waals surface area (Å²) >= 11 is 0. The molecule has 0 amide bonds. The smallest absolute Gasteiger partial charge is 0.368 e. The van der Waals surface area contributed by atoms with E-state index in [2.05, 4.69) is 12.2 Å². The Labute approximate surface area is 60.2 Å². The van der Waals surface area contributed by atoms with Gasteiger partial charge >= 0.3 is 5.97 Å². The first-order chi connectivity index (χ1) is 4.68. The maximum absolute atomic E-state index is 9.00. The lowest BCUT2D eigenvalue weighted by Gasteiger charge is -1.84. The fourth-order valence-electron chi connectivity index (χ4n) is 0.250. The Morgan fingerprint density at radius 1 is 1.70 bits per heavy atom. The molecule has 0 aromatic heterocycles. The van der Waals surface area contributed by atoms with Gasteiger partial charge in [0.25, 0.3) is 0 Å². The molecule has 0 aliphatic carbocycles. The predicted octanol–water partition coefficient (Wildman–Crippen LogP) is -0.114. The van der Waals surface area contributed by atoms with E-state index in [0.717, 1.165) is 6.54 Å². The lowest BCUT2D eigenvalue weighted by molar-refractivity contribution is -0.143. The average Bonchev–Trinajstić information content (AvgIpc) is 1.91. The Bertz CT molecular complexity index is 91.0. The highest BCUT2D eigenvalue weighted by atomic mass is 16.4. The van der Waals surface area contributed by atoms with Crippen LogP contribution in [0.2, 0.25) is 0 Å². The minimum Gasteiger partial charge on any atom is -0.476 e. The van der Waals surface area contributed by atoms with E-state index in [1.165, 1.54) is 6.42 Å². The maximum atomic E-state index is 9.00. The number of rotatable bonds is 3. The molecule has 0 aliphatic rings. The molecule has 0 aromatic carbocycles. The summed E-state index contributed by atoms with van der Waals surface area (Å²) in [6, 6.07) is 0. The molecule has 0 fully saturated rings. The van der Waals surface area contributed by atoms with Crippen LogP contribution in [0, 0.1) is 0 Å². The minimum atomic E-state index is -1.43. The molecule has 2 N–H and O–H groups in total. The Kier molecular flexibility index (Phi) is 13.0. The minimum absolute atomic E-state index is 0.167. The number of hydrogen-bond acceptors (Lipinski definition) is 3. The van der Waals surface area contributed by atoms with Crippen LogP contribution in [-0.2, 0) is 9.59 Å². The Morgan fingerprint density at radius 3 is 2.10 bits per heavy atom. The first-order valence-corrected chi connectivity index (χ1v) is 3.01. The molecule has 0 unspecified atom stereocenters. The lowest BCUT2D eigenvalue weighted by atomic mass is 10.5. The second kappa shape index (κ2) is 11.0. The van der Waals surface area contributed by atoms with Crippen LogP contribution in [0.3, 0.4) is 0 Å². The van der Waals surface area contributed by atoms with Crippen molar-refractivity contribution in [3.63, 3.8) is 0 Å². The molecule has 0 aromatic rings. The van der Waals surface area contributed by atoms with Gasteiger partial charge in [-0.1, -0.05) is 6.92 Å². The van der Waals surface area contributed by atoms with Crippen LogP contribution in [0.4, 0.5) is 0 Å². The molecular weight excluding hydrogens is 134 g/mol. The van der Waals surface area contributed by atoms with E-state index in [4.69, 9.17) is 14.7 Å². The molecule has 10 heavy (non-hydrogen) atoms. The van der Waals surface area contributed by atoms with Crippen molar-refractivity contribution in [3.8, 4) is 0 Å². The van der Waals surface area contributed by atoms with Crippen molar-refractivity contribution in [2.75, 3.05) is 13.6 Å². The van der Waals surface area contributed by atoms with Crippen molar-refractivity contribution in [3.05, 3.63) is 0 Å². The van der Waals surface area contributed by atoms with Gasteiger partial charge in [-0.3, -0.25) is 4.79 Å². The van der Waals surface area contributed by atoms with E-state index in [1.807, 2.05) is 7.05 Å². The summed E-state index contributed by atoms with van der Waals surface area (Å²) in [5.74, 6) is -1.43. The van der Waals surface area contributed by atoms with Crippen molar-refractivity contribution < 1.29 is 14.7 Å². The number of carbonyl (C=O) groups is 2. The van der Waals surface area contributed by atoms with Gasteiger partial charge in [-0.2, -0.15) is 0 Å². The molecule has 0 atom stereocenters. The van der Waals surface area contributed by atoms with Crippen molar-refractivity contribution in [1.29, 1.82) is 0 Å². The lowest BCUT2D eigenvalue weighted by Crippen LogP contribution is -2.04. The van der Waals surface area contributed by atoms with Gasteiger partial charge in [0, 0.05) is 0 Å². The van der Waals surface area contributed by atoms with Gasteiger partial charge in [0.2, 0.25) is 6.29 Å². The average molecular weight is 147 g/mol. The Morgan fingerprint density at radius 2 is 2.10 bits per heavy atom. The molecule has 4 nitrogen and oxygen atoms in total. The first kappa shape index (κ1) is 11.8. The summed E-state index contributed by atoms with van der Waals surface area (Å²) in [5.41, 5.74) is 0. The number of carboxylic acids is 1. The van der Waals surface area contributed by atoms with Crippen LogP contribution in [0.15, 0.2) is 0 Å². The van der Waals surface area contributed by atoms with E-state index in [-0.39, 0.29) is 6.29 Å². The zero-order valence-corrected chi connectivity index (χ0v) is 6.26. The fraction of sp³-hybridized carbons (Fsp3) is 0.667. The van der Waals surface area contributed by atoms with Crippen LogP contribution in [-0.4, -0.2) is 31.0 Å². The monoisotopic (exact) mass is 147 g/mol. The van der Waals surface area contributed by atoms with Gasteiger partial charge in [0.1, 0.15) is 0 Å². The highest BCUT2D eigenvalue weighted by molar-refractivity contribution is 6.19. The van der Waals surface area contributed by atoms with Crippen molar-refractivity contribution in [1.82, 2.24) is 5.32 Å². The summed E-state index contributed by atoms with van der Waals surface area (Å²) in [5, 5.41) is 10.4. The van der Waals surface area contributed by atoms with Crippen LogP contribution in [0.25, 0.3) is 0 Å². The third-order valence-corrected chi connectivity index (χ3v) is 0.601. The summed E-state index contributed by atoms with van der Waals surface area (Å²) in [6.07, 6.45) is 1.07. The van der Waals surface area contributed by atoms with Crippen LogP contribution >= 0.6 is 0 Å². The topological polar surface area (TPSA) is 66.4 Å². The van der Waals surface area contributed by atoms with E-state index in [1.54, 1.807) is 0 Å². The molecule has 0 aliphatic heterocycles. The van der Waals surface area contributed by atoms with Gasteiger partial charge in [-0.25, -0.2) is 4.79 Å².